The molecule has 0 rings (SSSR count). The Bertz CT molecular complexity index is 340. The van der Waals surface area contributed by atoms with E-state index in [-0.39, 0.29) is 5.75 Å². The van der Waals surface area contributed by atoms with Gasteiger partial charge in [-0.25, -0.2) is 9.35 Å². The smallest absolute Gasteiger partial charge is 0.251 e. The van der Waals surface area contributed by atoms with E-state index >= 15 is 0 Å². The molecule has 1 amide bonds. The predicted octanol–water partition coefficient (Wildman–Crippen LogP) is 0.168. The minimum atomic E-state index is -3.01. The second-order valence-corrected chi connectivity index (χ2v) is 5.44. The van der Waals surface area contributed by atoms with Crippen LogP contribution in [0, 0.1) is 0 Å². The highest BCUT2D eigenvalue weighted by Crippen LogP contribution is 2.09. The molecule has 0 aliphatic rings. The molecule has 0 fully saturated rings. The van der Waals surface area contributed by atoms with E-state index < -0.39 is 21.4 Å². The van der Waals surface area contributed by atoms with E-state index in [0.717, 1.165) is 0 Å². The highest BCUT2D eigenvalue weighted by molar-refractivity contribution is 7.91. The number of nitrogens with two attached hydrogens (primary N) is 2. The molecule has 14 heavy (non-hydrogen) atoms. The average Bonchev–Trinajstić information content (AvgIpc) is 1.78. The summed E-state index contributed by atoms with van der Waals surface area (Å²) in [7, 11) is -3.01. The topological polar surface area (TPSA) is 98.5 Å². The Morgan fingerprint density at radius 1 is 1.71 bits per heavy atom. The molecule has 82 valence electrons. The summed E-state index contributed by atoms with van der Waals surface area (Å²) in [5, 5.41) is 5.36. The highest BCUT2D eigenvalue weighted by Gasteiger charge is 2.22. The standard InChI is InChI=1S/C8H17N3O2S/c1-4-5-8(3,9)6-14(10,13)11-7(2)12/h4H,1,5-6,9H2,2-3H3,(H2,10,11,12,13)/t8-,14+/m1/s1. The second kappa shape index (κ2) is 4.68. The van der Waals surface area contributed by atoms with Gasteiger partial charge in [0.1, 0.15) is 9.92 Å². The molecule has 0 radical (unpaired) electrons. The Labute approximate surface area is 84.9 Å². The van der Waals surface area contributed by atoms with Gasteiger partial charge in [0.25, 0.3) is 5.91 Å². The van der Waals surface area contributed by atoms with Crippen LogP contribution in [0.15, 0.2) is 17.0 Å². The van der Waals surface area contributed by atoms with E-state index in [1.165, 1.54) is 6.92 Å². The minimum absolute atomic E-state index is 0.0222. The van der Waals surface area contributed by atoms with Crippen LogP contribution in [0.2, 0.25) is 0 Å². The van der Waals surface area contributed by atoms with Crippen molar-refractivity contribution in [1.82, 2.24) is 0 Å². The first-order valence-corrected chi connectivity index (χ1v) is 5.86. The lowest BCUT2D eigenvalue weighted by Crippen LogP contribution is -2.44. The van der Waals surface area contributed by atoms with Gasteiger partial charge in [0.2, 0.25) is 0 Å². The van der Waals surface area contributed by atoms with Crippen LogP contribution in [-0.2, 0) is 14.7 Å². The number of hydrogen-bond acceptors (Lipinski definition) is 3. The maximum absolute atomic E-state index is 11.6. The molecule has 0 aliphatic heterocycles. The van der Waals surface area contributed by atoms with Gasteiger partial charge >= 0.3 is 0 Å². The van der Waals surface area contributed by atoms with Crippen LogP contribution in [0.1, 0.15) is 20.3 Å². The molecule has 0 bridgehead atoms. The monoisotopic (exact) mass is 219 g/mol. The van der Waals surface area contributed by atoms with E-state index in [0.29, 0.717) is 6.42 Å². The van der Waals surface area contributed by atoms with Gasteiger partial charge in [-0.15, -0.1) is 10.9 Å². The van der Waals surface area contributed by atoms with Crippen molar-refractivity contribution in [3.05, 3.63) is 12.7 Å². The van der Waals surface area contributed by atoms with E-state index in [4.69, 9.17) is 10.9 Å². The number of carbonyl (C=O) groups is 1. The summed E-state index contributed by atoms with van der Waals surface area (Å²) in [4.78, 5) is 10.6. The molecular formula is C8H17N3O2S. The molecule has 0 aliphatic carbocycles. The molecule has 0 aromatic heterocycles. The molecule has 0 spiro atoms. The second-order valence-electron chi connectivity index (χ2n) is 3.59. The first-order valence-electron chi connectivity index (χ1n) is 4.11. The number of hydrogen-bond donors (Lipinski definition) is 2. The zero-order chi connectivity index (χ0) is 11.4. The average molecular weight is 219 g/mol. The van der Waals surface area contributed by atoms with E-state index in [1.807, 2.05) is 0 Å². The predicted molar refractivity (Wildman–Crippen MR) is 57.7 cm³/mol. The molecule has 5 nitrogen and oxygen atoms in total. The van der Waals surface area contributed by atoms with Crippen molar-refractivity contribution in [3.63, 3.8) is 0 Å². The fraction of sp³-hybridized carbons (Fsp3) is 0.625. The molecule has 0 heterocycles. The van der Waals surface area contributed by atoms with E-state index in [2.05, 4.69) is 10.9 Å². The quantitative estimate of drug-likeness (QED) is 0.659. The van der Waals surface area contributed by atoms with Crippen LogP contribution in [-0.4, -0.2) is 21.4 Å². The Hall–Kier alpha value is -0.720. The van der Waals surface area contributed by atoms with E-state index in [9.17, 15) is 9.00 Å². The first kappa shape index (κ1) is 13.3. The maximum atomic E-state index is 11.6. The van der Waals surface area contributed by atoms with Gasteiger partial charge in [-0.05, 0) is 13.3 Å². The third-order valence-corrected chi connectivity index (χ3v) is 3.07. The van der Waals surface area contributed by atoms with Crippen molar-refractivity contribution in [2.45, 2.75) is 25.8 Å². The number of carbonyl (C=O) groups excluding carboxylic acids is 1. The zero-order valence-corrected chi connectivity index (χ0v) is 9.34. The lowest BCUT2D eigenvalue weighted by Gasteiger charge is -2.22. The molecule has 6 heteroatoms. The largest absolute Gasteiger partial charge is 0.324 e. The molecule has 0 saturated heterocycles. The summed E-state index contributed by atoms with van der Waals surface area (Å²) < 4.78 is 14.9. The van der Waals surface area contributed by atoms with Gasteiger partial charge in [0.05, 0.1) is 5.75 Å². The Morgan fingerprint density at radius 3 is 2.57 bits per heavy atom. The molecular weight excluding hydrogens is 202 g/mol. The van der Waals surface area contributed by atoms with Crippen LogP contribution >= 0.6 is 0 Å². The molecule has 0 aromatic carbocycles. The molecule has 2 atom stereocenters. The van der Waals surface area contributed by atoms with Crippen LogP contribution in [0.5, 0.6) is 0 Å². The van der Waals surface area contributed by atoms with Gasteiger partial charge in [-0.1, -0.05) is 6.08 Å². The van der Waals surface area contributed by atoms with Crippen molar-refractivity contribution in [1.29, 1.82) is 0 Å². The van der Waals surface area contributed by atoms with Crippen molar-refractivity contribution >= 4 is 15.8 Å². The molecule has 0 saturated carbocycles. The van der Waals surface area contributed by atoms with Crippen LogP contribution in [0.4, 0.5) is 0 Å². The van der Waals surface area contributed by atoms with Gasteiger partial charge < -0.3 is 5.73 Å². The fourth-order valence-corrected chi connectivity index (χ4v) is 2.67. The third-order valence-electron chi connectivity index (χ3n) is 1.43. The minimum Gasteiger partial charge on any atom is -0.324 e. The van der Waals surface area contributed by atoms with Gasteiger partial charge in [0.15, 0.2) is 0 Å². The number of rotatable bonds is 4. The fourth-order valence-electron chi connectivity index (χ4n) is 1.11. The lowest BCUT2D eigenvalue weighted by atomic mass is 10.0. The Balaban J connectivity index is 4.75. The van der Waals surface area contributed by atoms with Crippen molar-refractivity contribution < 1.29 is 9.00 Å². The summed E-state index contributed by atoms with van der Waals surface area (Å²) >= 11 is 0. The summed E-state index contributed by atoms with van der Waals surface area (Å²) in [6.07, 6.45) is 2.08. The Morgan fingerprint density at radius 2 is 2.21 bits per heavy atom. The van der Waals surface area contributed by atoms with Crippen molar-refractivity contribution in [2.75, 3.05) is 5.75 Å². The van der Waals surface area contributed by atoms with Crippen LogP contribution in [0.25, 0.3) is 0 Å². The van der Waals surface area contributed by atoms with Gasteiger partial charge in [-0.3, -0.25) is 4.79 Å². The summed E-state index contributed by atoms with van der Waals surface area (Å²) in [6, 6.07) is 0. The molecule has 4 N–H and O–H groups in total. The van der Waals surface area contributed by atoms with Crippen LogP contribution < -0.4 is 10.9 Å². The number of nitrogens with zero attached hydrogens (tertiary/aromatic N) is 1. The Kier molecular flexibility index (Phi) is 4.44. The maximum Gasteiger partial charge on any atom is 0.251 e. The highest BCUT2D eigenvalue weighted by atomic mass is 32.2. The third kappa shape index (κ3) is 5.85. The van der Waals surface area contributed by atoms with Gasteiger partial charge in [-0.2, -0.15) is 0 Å². The molecule has 0 unspecified atom stereocenters. The number of amides is 1. The summed E-state index contributed by atoms with van der Waals surface area (Å²) in [5.41, 5.74) is 5.04. The zero-order valence-electron chi connectivity index (χ0n) is 8.53. The molecule has 0 aromatic rings. The summed E-state index contributed by atoms with van der Waals surface area (Å²) in [6.45, 7) is 6.42. The first-order chi connectivity index (χ1) is 6.18. The summed E-state index contributed by atoms with van der Waals surface area (Å²) in [5.74, 6) is -0.571. The van der Waals surface area contributed by atoms with Gasteiger partial charge in [0, 0.05) is 12.5 Å². The van der Waals surface area contributed by atoms with Crippen molar-refractivity contribution in [2.24, 2.45) is 15.2 Å². The normalized spacial score (nSPS) is 19.1. The van der Waals surface area contributed by atoms with Crippen LogP contribution in [0.3, 0.4) is 0 Å². The van der Waals surface area contributed by atoms with E-state index in [1.54, 1.807) is 13.0 Å². The lowest BCUT2D eigenvalue weighted by molar-refractivity contribution is -0.115. The van der Waals surface area contributed by atoms with Crippen molar-refractivity contribution in [3.8, 4) is 0 Å². The SMILES string of the molecule is C=CC[C@@](C)(N)C[S@@](N)(=O)=NC(C)=O.